The van der Waals surface area contributed by atoms with E-state index in [1.807, 2.05) is 0 Å². The molecule has 0 aromatic heterocycles. The molecule has 0 aliphatic rings. The van der Waals surface area contributed by atoms with E-state index in [9.17, 15) is 14.9 Å². The third kappa shape index (κ3) is 4.31. The summed E-state index contributed by atoms with van der Waals surface area (Å²) in [5.74, 6) is -0.308. The monoisotopic (exact) mass is 328 g/mol. The van der Waals surface area contributed by atoms with E-state index in [1.165, 1.54) is 18.2 Å². The molecule has 0 saturated heterocycles. The SMILES string of the molecule is CCC(C)(C)CNC(=O)c1cc([N+](=O)[O-])ccc1Br. The van der Waals surface area contributed by atoms with E-state index < -0.39 is 4.92 Å². The van der Waals surface area contributed by atoms with Crippen molar-refractivity contribution in [1.29, 1.82) is 0 Å². The second-order valence-corrected chi connectivity index (χ2v) is 5.98. The summed E-state index contributed by atoms with van der Waals surface area (Å²) in [7, 11) is 0. The number of benzene rings is 1. The Labute approximate surface area is 120 Å². The number of hydrogen-bond acceptors (Lipinski definition) is 3. The maximum atomic E-state index is 12.0. The van der Waals surface area contributed by atoms with Crippen LogP contribution in [0.3, 0.4) is 0 Å². The van der Waals surface area contributed by atoms with Gasteiger partial charge in [0.15, 0.2) is 0 Å². The van der Waals surface area contributed by atoms with Crippen LogP contribution < -0.4 is 5.32 Å². The smallest absolute Gasteiger partial charge is 0.270 e. The largest absolute Gasteiger partial charge is 0.351 e. The summed E-state index contributed by atoms with van der Waals surface area (Å²) < 4.78 is 0.546. The van der Waals surface area contributed by atoms with Gasteiger partial charge in [-0.25, -0.2) is 0 Å². The van der Waals surface area contributed by atoms with Gasteiger partial charge < -0.3 is 5.32 Å². The predicted molar refractivity (Wildman–Crippen MR) is 77.2 cm³/mol. The maximum absolute atomic E-state index is 12.0. The van der Waals surface area contributed by atoms with Gasteiger partial charge in [-0.2, -0.15) is 0 Å². The van der Waals surface area contributed by atoms with Crippen LogP contribution in [-0.4, -0.2) is 17.4 Å². The molecule has 1 amide bonds. The summed E-state index contributed by atoms with van der Waals surface area (Å²) in [4.78, 5) is 22.2. The molecule has 0 aliphatic heterocycles. The van der Waals surface area contributed by atoms with E-state index >= 15 is 0 Å². The van der Waals surface area contributed by atoms with Crippen molar-refractivity contribution in [2.75, 3.05) is 6.54 Å². The van der Waals surface area contributed by atoms with Crippen LogP contribution in [0.5, 0.6) is 0 Å². The number of carbonyl (C=O) groups is 1. The van der Waals surface area contributed by atoms with E-state index in [0.29, 0.717) is 11.0 Å². The highest BCUT2D eigenvalue weighted by molar-refractivity contribution is 9.10. The molecule has 0 spiro atoms. The van der Waals surface area contributed by atoms with Gasteiger partial charge in [0.25, 0.3) is 11.6 Å². The third-order valence-electron chi connectivity index (χ3n) is 3.09. The van der Waals surface area contributed by atoms with Gasteiger partial charge in [-0.05, 0) is 33.8 Å². The molecule has 0 aliphatic carbocycles. The molecule has 1 aromatic rings. The summed E-state index contributed by atoms with van der Waals surface area (Å²) in [6.07, 6.45) is 0.934. The van der Waals surface area contributed by atoms with E-state index in [2.05, 4.69) is 42.0 Å². The van der Waals surface area contributed by atoms with E-state index in [-0.39, 0.29) is 22.6 Å². The molecule has 1 aromatic carbocycles. The lowest BCUT2D eigenvalue weighted by Gasteiger charge is -2.22. The van der Waals surface area contributed by atoms with Gasteiger partial charge in [0.2, 0.25) is 0 Å². The number of halogens is 1. The van der Waals surface area contributed by atoms with Crippen molar-refractivity contribution in [2.45, 2.75) is 27.2 Å². The first-order valence-electron chi connectivity index (χ1n) is 5.99. The zero-order chi connectivity index (χ0) is 14.6. The highest BCUT2D eigenvalue weighted by Gasteiger charge is 2.19. The van der Waals surface area contributed by atoms with Crippen molar-refractivity contribution in [2.24, 2.45) is 5.41 Å². The van der Waals surface area contributed by atoms with Crippen molar-refractivity contribution in [1.82, 2.24) is 5.32 Å². The zero-order valence-corrected chi connectivity index (χ0v) is 12.8. The highest BCUT2D eigenvalue weighted by atomic mass is 79.9. The van der Waals surface area contributed by atoms with Crippen molar-refractivity contribution in [3.63, 3.8) is 0 Å². The van der Waals surface area contributed by atoms with Crippen LogP contribution in [0.4, 0.5) is 5.69 Å². The van der Waals surface area contributed by atoms with Crippen LogP contribution in [0.2, 0.25) is 0 Å². The molecule has 0 bridgehead atoms. The topological polar surface area (TPSA) is 72.2 Å². The van der Waals surface area contributed by atoms with Gasteiger partial charge in [0.05, 0.1) is 10.5 Å². The van der Waals surface area contributed by atoms with Crippen LogP contribution in [0.25, 0.3) is 0 Å². The van der Waals surface area contributed by atoms with Crippen LogP contribution in [0.15, 0.2) is 22.7 Å². The fourth-order valence-electron chi connectivity index (χ4n) is 1.34. The highest BCUT2D eigenvalue weighted by Crippen LogP contribution is 2.23. The number of rotatable bonds is 5. The fraction of sp³-hybridized carbons (Fsp3) is 0.462. The van der Waals surface area contributed by atoms with Crippen LogP contribution in [0.1, 0.15) is 37.6 Å². The molecule has 6 heteroatoms. The molecule has 19 heavy (non-hydrogen) atoms. The zero-order valence-electron chi connectivity index (χ0n) is 11.2. The minimum atomic E-state index is -0.515. The standard InChI is InChI=1S/C13H17BrN2O3/c1-4-13(2,3)8-15-12(17)10-7-9(16(18)19)5-6-11(10)14/h5-7H,4,8H2,1-3H3,(H,15,17). The summed E-state index contributed by atoms with van der Waals surface area (Å²) in [6.45, 7) is 6.68. The molecule has 0 unspecified atom stereocenters. The lowest BCUT2D eigenvalue weighted by Crippen LogP contribution is -2.33. The van der Waals surface area contributed by atoms with Crippen molar-refractivity contribution in [3.8, 4) is 0 Å². The lowest BCUT2D eigenvalue weighted by atomic mass is 9.90. The summed E-state index contributed by atoms with van der Waals surface area (Å²) in [5, 5.41) is 13.5. The summed E-state index contributed by atoms with van der Waals surface area (Å²) in [5.41, 5.74) is 0.187. The second kappa shape index (κ2) is 6.14. The Morgan fingerprint density at radius 3 is 2.63 bits per heavy atom. The Bertz CT molecular complexity index is 501. The quantitative estimate of drug-likeness (QED) is 0.663. The number of carbonyl (C=O) groups excluding carboxylic acids is 1. The number of amides is 1. The Morgan fingerprint density at radius 1 is 1.47 bits per heavy atom. The molecule has 0 saturated carbocycles. The van der Waals surface area contributed by atoms with E-state index in [1.54, 1.807) is 0 Å². The van der Waals surface area contributed by atoms with Gasteiger partial charge in [-0.3, -0.25) is 14.9 Å². The number of non-ortho nitro benzene ring substituents is 1. The summed E-state index contributed by atoms with van der Waals surface area (Å²) >= 11 is 3.23. The summed E-state index contributed by atoms with van der Waals surface area (Å²) in [6, 6.07) is 4.15. The van der Waals surface area contributed by atoms with Gasteiger partial charge >= 0.3 is 0 Å². The molecule has 1 rings (SSSR count). The number of nitro benzene ring substituents is 1. The number of nitro groups is 1. The van der Waals surface area contributed by atoms with Gasteiger partial charge in [-0.15, -0.1) is 0 Å². The number of hydrogen-bond donors (Lipinski definition) is 1. The van der Waals surface area contributed by atoms with Gasteiger partial charge in [-0.1, -0.05) is 20.8 Å². The molecule has 0 heterocycles. The minimum Gasteiger partial charge on any atom is -0.351 e. The van der Waals surface area contributed by atoms with Crippen molar-refractivity contribution >= 4 is 27.5 Å². The van der Waals surface area contributed by atoms with E-state index in [4.69, 9.17) is 0 Å². The fourth-order valence-corrected chi connectivity index (χ4v) is 1.77. The van der Waals surface area contributed by atoms with Crippen LogP contribution in [0, 0.1) is 15.5 Å². The van der Waals surface area contributed by atoms with Crippen LogP contribution in [-0.2, 0) is 0 Å². The molecule has 1 N–H and O–H groups in total. The average Bonchev–Trinajstić information content (AvgIpc) is 2.36. The van der Waals surface area contributed by atoms with Crippen LogP contribution >= 0.6 is 15.9 Å². The second-order valence-electron chi connectivity index (χ2n) is 5.12. The predicted octanol–water partition coefficient (Wildman–Crippen LogP) is 3.52. The normalized spacial score (nSPS) is 11.2. The average molecular weight is 329 g/mol. The third-order valence-corrected chi connectivity index (χ3v) is 3.78. The molecule has 0 fully saturated rings. The molecular formula is C13H17BrN2O3. The van der Waals surface area contributed by atoms with Crippen molar-refractivity contribution < 1.29 is 9.72 Å². The number of nitrogens with zero attached hydrogens (tertiary/aromatic N) is 1. The molecule has 0 radical (unpaired) electrons. The van der Waals surface area contributed by atoms with Gasteiger partial charge in [0, 0.05) is 23.2 Å². The van der Waals surface area contributed by atoms with Crippen molar-refractivity contribution in [3.05, 3.63) is 38.3 Å². The first-order valence-corrected chi connectivity index (χ1v) is 6.78. The lowest BCUT2D eigenvalue weighted by molar-refractivity contribution is -0.384. The number of nitrogens with one attached hydrogen (secondary N) is 1. The maximum Gasteiger partial charge on any atom is 0.270 e. The Morgan fingerprint density at radius 2 is 2.11 bits per heavy atom. The first-order chi connectivity index (χ1) is 8.76. The molecule has 0 atom stereocenters. The van der Waals surface area contributed by atoms with E-state index in [0.717, 1.165) is 6.42 Å². The Kier molecular flexibility index (Phi) is 5.05. The minimum absolute atomic E-state index is 0.00283. The Hall–Kier alpha value is -1.43. The molecule has 5 nitrogen and oxygen atoms in total. The molecule has 104 valence electrons. The molecular weight excluding hydrogens is 312 g/mol. The first kappa shape index (κ1) is 15.6. The van der Waals surface area contributed by atoms with Gasteiger partial charge in [0.1, 0.15) is 0 Å². The Balaban J connectivity index is 2.88.